The van der Waals surface area contributed by atoms with Gasteiger partial charge in [0.05, 0.1) is 12.7 Å². The molecule has 0 saturated heterocycles. The summed E-state index contributed by atoms with van der Waals surface area (Å²) in [5, 5.41) is 16.2. The zero-order valence-corrected chi connectivity index (χ0v) is 19.6. The molecule has 2 aliphatic rings. The predicted octanol–water partition coefficient (Wildman–Crippen LogP) is 5.30. The summed E-state index contributed by atoms with van der Waals surface area (Å²) in [7, 11) is 1.63. The van der Waals surface area contributed by atoms with Gasteiger partial charge in [-0.05, 0) is 66.2 Å². The molecule has 1 amide bonds. The van der Waals surface area contributed by atoms with E-state index in [0.717, 1.165) is 34.2 Å². The van der Waals surface area contributed by atoms with E-state index in [1.54, 1.807) is 13.2 Å². The SMILES string of the molecule is CC[C@@H](C1=NN2C(=N)/C(=C\c3cccn3-c3ccc(OC)cc3)C(=O)N=C2S1)c1ccccc1. The number of hydrazone groups is 1. The maximum Gasteiger partial charge on any atom is 0.283 e. The van der Waals surface area contributed by atoms with Crippen molar-refractivity contribution in [2.75, 3.05) is 7.11 Å². The zero-order valence-electron chi connectivity index (χ0n) is 18.8. The first-order valence-electron chi connectivity index (χ1n) is 11.0. The summed E-state index contributed by atoms with van der Waals surface area (Å²) in [6.07, 6.45) is 4.46. The Hall–Kier alpha value is -3.91. The minimum atomic E-state index is -0.435. The van der Waals surface area contributed by atoms with Crippen molar-refractivity contribution >= 4 is 39.8 Å². The molecule has 0 radical (unpaired) electrons. The number of carbonyl (C=O) groups excluding carboxylic acids is 1. The van der Waals surface area contributed by atoms with Gasteiger partial charge < -0.3 is 9.30 Å². The lowest BCUT2D eigenvalue weighted by molar-refractivity contribution is -0.114. The molecule has 8 heteroatoms. The molecular formula is C26H23N5O2S. The van der Waals surface area contributed by atoms with Gasteiger partial charge in [-0.15, -0.1) is 0 Å². The van der Waals surface area contributed by atoms with Gasteiger partial charge in [0.15, 0.2) is 5.84 Å². The summed E-state index contributed by atoms with van der Waals surface area (Å²) < 4.78 is 7.19. The number of aromatic nitrogens is 1. The molecule has 34 heavy (non-hydrogen) atoms. The maximum atomic E-state index is 12.9. The van der Waals surface area contributed by atoms with E-state index in [4.69, 9.17) is 15.2 Å². The van der Waals surface area contributed by atoms with Crippen LogP contribution >= 0.6 is 11.8 Å². The van der Waals surface area contributed by atoms with Gasteiger partial charge in [0, 0.05) is 23.5 Å². The van der Waals surface area contributed by atoms with Crippen molar-refractivity contribution in [2.24, 2.45) is 10.1 Å². The average molecular weight is 470 g/mol. The van der Waals surface area contributed by atoms with Gasteiger partial charge in [-0.2, -0.15) is 15.1 Å². The van der Waals surface area contributed by atoms with Crippen molar-refractivity contribution in [1.29, 1.82) is 5.41 Å². The molecule has 0 aliphatic carbocycles. The Kier molecular flexibility index (Phi) is 5.90. The van der Waals surface area contributed by atoms with E-state index in [1.807, 2.05) is 65.4 Å². The summed E-state index contributed by atoms with van der Waals surface area (Å²) in [4.78, 5) is 17.2. The van der Waals surface area contributed by atoms with Crippen molar-refractivity contribution in [3.63, 3.8) is 0 Å². The largest absolute Gasteiger partial charge is 0.497 e. The lowest BCUT2D eigenvalue weighted by atomic mass is 9.98. The fourth-order valence-corrected chi connectivity index (χ4v) is 5.13. The number of thioether (sulfide) groups is 1. The van der Waals surface area contributed by atoms with Crippen LogP contribution < -0.4 is 4.74 Å². The van der Waals surface area contributed by atoms with Crippen LogP contribution in [0.5, 0.6) is 5.75 Å². The van der Waals surface area contributed by atoms with Crippen LogP contribution in [0.2, 0.25) is 0 Å². The fraction of sp³-hybridized carbons (Fsp3) is 0.154. The second-order valence-corrected chi connectivity index (χ2v) is 8.82. The summed E-state index contributed by atoms with van der Waals surface area (Å²) in [5.41, 5.74) is 3.05. The highest BCUT2D eigenvalue weighted by molar-refractivity contribution is 8.27. The Morgan fingerprint density at radius 3 is 2.56 bits per heavy atom. The van der Waals surface area contributed by atoms with Crippen LogP contribution in [0.3, 0.4) is 0 Å². The highest BCUT2D eigenvalue weighted by Crippen LogP contribution is 2.36. The number of fused-ring (bicyclic) bond motifs is 1. The molecule has 0 unspecified atom stereocenters. The van der Waals surface area contributed by atoms with Crippen molar-refractivity contribution < 1.29 is 9.53 Å². The molecule has 3 heterocycles. The van der Waals surface area contributed by atoms with Gasteiger partial charge in [-0.3, -0.25) is 10.2 Å². The van der Waals surface area contributed by atoms with Crippen LogP contribution in [0.4, 0.5) is 0 Å². The molecule has 0 spiro atoms. The minimum Gasteiger partial charge on any atom is -0.497 e. The van der Waals surface area contributed by atoms with Crippen LogP contribution in [0, 0.1) is 5.41 Å². The Labute approximate surface area is 202 Å². The van der Waals surface area contributed by atoms with Crippen molar-refractivity contribution in [2.45, 2.75) is 19.3 Å². The van der Waals surface area contributed by atoms with Gasteiger partial charge in [-0.1, -0.05) is 37.3 Å². The molecule has 1 atom stereocenters. The van der Waals surface area contributed by atoms with Crippen LogP contribution in [-0.4, -0.2) is 38.6 Å². The van der Waals surface area contributed by atoms with Crippen LogP contribution in [0.1, 0.15) is 30.5 Å². The van der Waals surface area contributed by atoms with Crippen molar-refractivity contribution in [3.8, 4) is 11.4 Å². The Morgan fingerprint density at radius 2 is 1.85 bits per heavy atom. The monoisotopic (exact) mass is 469 g/mol. The summed E-state index contributed by atoms with van der Waals surface area (Å²) in [6.45, 7) is 2.11. The number of carbonyl (C=O) groups is 1. The van der Waals surface area contributed by atoms with E-state index < -0.39 is 5.91 Å². The van der Waals surface area contributed by atoms with Gasteiger partial charge in [0.2, 0.25) is 5.17 Å². The second-order valence-electron chi connectivity index (χ2n) is 7.83. The standard InChI is InChI=1S/C26H23N5O2S/c1-3-21(17-8-5-4-6-9-17)25-29-31-23(27)22(24(32)28-26(31)34-25)16-19-10-7-15-30(19)18-11-13-20(33-2)14-12-18/h4-16,21,27H,3H2,1-2H3/b22-16+,27-23?/t21-/m1/s1. The quantitative estimate of drug-likeness (QED) is 0.497. The van der Waals surface area contributed by atoms with Crippen molar-refractivity contribution in [1.82, 2.24) is 9.58 Å². The molecule has 0 bridgehead atoms. The van der Waals surface area contributed by atoms with E-state index in [1.165, 1.54) is 16.8 Å². The van der Waals surface area contributed by atoms with E-state index in [9.17, 15) is 4.79 Å². The Morgan fingerprint density at radius 1 is 1.09 bits per heavy atom. The number of hydrogen-bond acceptors (Lipinski definition) is 5. The van der Waals surface area contributed by atoms with E-state index in [2.05, 4.69) is 24.0 Å². The molecule has 3 aromatic rings. The number of benzene rings is 2. The molecular weight excluding hydrogens is 446 g/mol. The number of hydrogen-bond donors (Lipinski definition) is 1. The fourth-order valence-electron chi connectivity index (χ4n) is 4.02. The Balaban J connectivity index is 1.46. The molecule has 5 rings (SSSR count). The summed E-state index contributed by atoms with van der Waals surface area (Å²) in [6, 6.07) is 21.6. The molecule has 2 aromatic carbocycles. The van der Waals surface area contributed by atoms with E-state index in [0.29, 0.717) is 5.17 Å². The zero-order chi connectivity index (χ0) is 23.7. The Bertz CT molecular complexity index is 1340. The molecule has 7 nitrogen and oxygen atoms in total. The molecule has 1 aromatic heterocycles. The lowest BCUT2D eigenvalue weighted by Gasteiger charge is -2.20. The third-order valence-corrected chi connectivity index (χ3v) is 6.82. The number of nitrogens with one attached hydrogen (secondary N) is 1. The topological polar surface area (TPSA) is 83.0 Å². The van der Waals surface area contributed by atoms with Gasteiger partial charge >= 0.3 is 0 Å². The summed E-state index contributed by atoms with van der Waals surface area (Å²) in [5.74, 6) is 0.448. The van der Waals surface area contributed by atoms with Crippen molar-refractivity contribution in [3.05, 3.63) is 89.8 Å². The average Bonchev–Trinajstić information content (AvgIpc) is 3.50. The lowest BCUT2D eigenvalue weighted by Crippen LogP contribution is -2.35. The van der Waals surface area contributed by atoms with Gasteiger partial charge in [0.1, 0.15) is 10.8 Å². The number of aliphatic imine (C=N–C) groups is 1. The minimum absolute atomic E-state index is 0.0305. The number of methoxy groups -OCH3 is 1. The second kappa shape index (κ2) is 9.15. The normalized spacial score (nSPS) is 17.5. The molecule has 1 N–H and O–H groups in total. The maximum absolute atomic E-state index is 12.9. The van der Waals surface area contributed by atoms with Crippen LogP contribution in [-0.2, 0) is 4.79 Å². The number of ether oxygens (including phenoxy) is 1. The predicted molar refractivity (Wildman–Crippen MR) is 137 cm³/mol. The number of amidine groups is 2. The van der Waals surface area contributed by atoms with Gasteiger partial charge in [-0.25, -0.2) is 0 Å². The van der Waals surface area contributed by atoms with E-state index >= 15 is 0 Å². The van der Waals surface area contributed by atoms with Crippen LogP contribution in [0.15, 0.2) is 88.6 Å². The smallest absolute Gasteiger partial charge is 0.283 e. The number of nitrogens with zero attached hydrogens (tertiary/aromatic N) is 4. The first-order chi connectivity index (χ1) is 16.6. The first kappa shape index (κ1) is 21.9. The molecule has 0 fully saturated rings. The molecule has 0 saturated carbocycles. The highest BCUT2D eigenvalue weighted by Gasteiger charge is 2.37. The molecule has 170 valence electrons. The van der Waals surface area contributed by atoms with E-state index in [-0.39, 0.29) is 17.3 Å². The van der Waals surface area contributed by atoms with Gasteiger partial charge in [0.25, 0.3) is 5.91 Å². The first-order valence-corrected chi connectivity index (χ1v) is 11.8. The third-order valence-electron chi connectivity index (χ3n) is 5.80. The summed E-state index contributed by atoms with van der Waals surface area (Å²) >= 11 is 1.36. The number of amides is 1. The molecule has 2 aliphatic heterocycles. The number of rotatable bonds is 6. The third kappa shape index (κ3) is 3.97. The van der Waals surface area contributed by atoms with Crippen LogP contribution in [0.25, 0.3) is 11.8 Å². The highest BCUT2D eigenvalue weighted by atomic mass is 32.2.